The lowest BCUT2D eigenvalue weighted by atomic mass is 9.96. The third kappa shape index (κ3) is 4.89. The summed E-state index contributed by atoms with van der Waals surface area (Å²) >= 11 is 0. The van der Waals surface area contributed by atoms with E-state index in [-0.39, 0.29) is 11.3 Å². The zero-order valence-corrected chi connectivity index (χ0v) is 18.5. The second-order valence-corrected chi connectivity index (χ2v) is 7.42. The van der Waals surface area contributed by atoms with Crippen molar-refractivity contribution in [3.8, 4) is 5.75 Å². The molecule has 168 valence electrons. The Bertz CT molecular complexity index is 982. The average molecular weight is 436 g/mol. The number of Topliss-reactive ketones (excluding diaryl/α,β-unsaturated/α-hetero) is 1. The van der Waals surface area contributed by atoms with Crippen molar-refractivity contribution in [1.82, 2.24) is 14.8 Å². The molecule has 7 heteroatoms. The Morgan fingerprint density at radius 1 is 1.16 bits per heavy atom. The maximum Gasteiger partial charge on any atom is 0.295 e. The molecule has 0 unspecified atom stereocenters. The van der Waals surface area contributed by atoms with E-state index in [0.29, 0.717) is 31.0 Å². The van der Waals surface area contributed by atoms with Gasteiger partial charge in [-0.25, -0.2) is 0 Å². The number of aromatic nitrogens is 1. The molecule has 0 bridgehead atoms. The van der Waals surface area contributed by atoms with Crippen LogP contribution in [0.3, 0.4) is 0 Å². The van der Waals surface area contributed by atoms with Gasteiger partial charge in [-0.05, 0) is 55.1 Å². The zero-order chi connectivity index (χ0) is 23.1. The van der Waals surface area contributed by atoms with Crippen molar-refractivity contribution >= 4 is 17.4 Å². The average Bonchev–Trinajstić information content (AvgIpc) is 3.08. The topological polar surface area (TPSA) is 83.0 Å². The van der Waals surface area contributed by atoms with Gasteiger partial charge < -0.3 is 19.6 Å². The molecule has 3 rings (SSSR count). The van der Waals surface area contributed by atoms with Crippen LogP contribution >= 0.6 is 0 Å². The molecule has 1 aromatic carbocycles. The SMILES string of the molecule is C=CCOc1ccc(C(O)=C2C(=O)C(=O)N(CCN(CC)CC)[C@H]2c2ccncc2)cc1. The fourth-order valence-corrected chi connectivity index (χ4v) is 3.81. The minimum Gasteiger partial charge on any atom is -0.507 e. The number of rotatable bonds is 10. The van der Waals surface area contributed by atoms with Crippen molar-refractivity contribution in [3.63, 3.8) is 0 Å². The highest BCUT2D eigenvalue weighted by Gasteiger charge is 2.45. The number of hydrogen-bond donors (Lipinski definition) is 1. The number of benzene rings is 1. The van der Waals surface area contributed by atoms with Gasteiger partial charge in [0.25, 0.3) is 11.7 Å². The van der Waals surface area contributed by atoms with Gasteiger partial charge >= 0.3 is 0 Å². The standard InChI is InChI=1S/C25H29N3O4/c1-4-17-32-20-9-7-19(8-10-20)23(29)21-22(18-11-13-26-14-12-18)28(25(31)24(21)30)16-15-27(5-2)6-3/h4,7-14,22,29H,1,5-6,15-17H2,2-3H3/t22-/m0/s1. The number of hydrogen-bond acceptors (Lipinski definition) is 6. The summed E-state index contributed by atoms with van der Waals surface area (Å²) in [6, 6.07) is 9.60. The number of aliphatic hydroxyl groups excluding tert-OH is 1. The van der Waals surface area contributed by atoms with Gasteiger partial charge in [0, 0.05) is 31.0 Å². The van der Waals surface area contributed by atoms with E-state index in [0.717, 1.165) is 18.7 Å². The van der Waals surface area contributed by atoms with Crippen molar-refractivity contribution in [2.75, 3.05) is 32.8 Å². The normalized spacial score (nSPS) is 17.7. The summed E-state index contributed by atoms with van der Waals surface area (Å²) in [5.41, 5.74) is 1.25. The van der Waals surface area contributed by atoms with Crippen molar-refractivity contribution in [1.29, 1.82) is 0 Å². The molecule has 32 heavy (non-hydrogen) atoms. The van der Waals surface area contributed by atoms with E-state index < -0.39 is 17.7 Å². The predicted molar refractivity (Wildman–Crippen MR) is 123 cm³/mol. The summed E-state index contributed by atoms with van der Waals surface area (Å²) in [5.74, 6) is -0.875. The monoisotopic (exact) mass is 435 g/mol. The summed E-state index contributed by atoms with van der Waals surface area (Å²) in [6.07, 6.45) is 4.87. The molecule has 1 atom stereocenters. The Morgan fingerprint density at radius 3 is 2.41 bits per heavy atom. The van der Waals surface area contributed by atoms with E-state index >= 15 is 0 Å². The second-order valence-electron chi connectivity index (χ2n) is 7.42. The maximum absolute atomic E-state index is 13.0. The molecular weight excluding hydrogens is 406 g/mol. The first-order valence-corrected chi connectivity index (χ1v) is 10.8. The van der Waals surface area contributed by atoms with Crippen LogP contribution in [0, 0.1) is 0 Å². The van der Waals surface area contributed by atoms with E-state index in [1.807, 2.05) is 0 Å². The summed E-state index contributed by atoms with van der Waals surface area (Å²) in [5, 5.41) is 11.1. The molecule has 1 N–H and O–H groups in total. The smallest absolute Gasteiger partial charge is 0.295 e. The third-order valence-corrected chi connectivity index (χ3v) is 5.61. The molecule has 1 amide bonds. The number of ketones is 1. The van der Waals surface area contributed by atoms with Gasteiger partial charge in [-0.3, -0.25) is 14.6 Å². The van der Waals surface area contributed by atoms with E-state index in [1.54, 1.807) is 59.8 Å². The Hall–Kier alpha value is -3.45. The molecule has 2 aromatic rings. The number of carbonyl (C=O) groups is 2. The number of pyridine rings is 1. The van der Waals surface area contributed by atoms with E-state index in [9.17, 15) is 14.7 Å². The van der Waals surface area contributed by atoms with Crippen LogP contribution in [0.25, 0.3) is 5.76 Å². The van der Waals surface area contributed by atoms with Crippen LogP contribution < -0.4 is 4.74 Å². The fourth-order valence-electron chi connectivity index (χ4n) is 3.81. The van der Waals surface area contributed by atoms with Crippen molar-refractivity contribution < 1.29 is 19.4 Å². The van der Waals surface area contributed by atoms with E-state index in [4.69, 9.17) is 4.74 Å². The highest BCUT2D eigenvalue weighted by molar-refractivity contribution is 6.46. The zero-order valence-electron chi connectivity index (χ0n) is 18.5. The van der Waals surface area contributed by atoms with Crippen molar-refractivity contribution in [3.05, 3.63) is 78.1 Å². The molecule has 1 saturated heterocycles. The molecule has 0 spiro atoms. The van der Waals surface area contributed by atoms with Gasteiger partial charge in [-0.2, -0.15) is 0 Å². The molecule has 1 aromatic heterocycles. The molecule has 0 radical (unpaired) electrons. The van der Waals surface area contributed by atoms with Crippen LogP contribution in [0.1, 0.15) is 31.0 Å². The Labute approximate surface area is 188 Å². The summed E-state index contributed by atoms with van der Waals surface area (Å²) in [4.78, 5) is 33.8. The molecule has 0 saturated carbocycles. The molecule has 2 heterocycles. The molecule has 7 nitrogen and oxygen atoms in total. The van der Waals surface area contributed by atoms with E-state index in [2.05, 4.69) is 30.3 Å². The molecule has 1 fully saturated rings. The second kappa shape index (κ2) is 10.7. The molecular formula is C25H29N3O4. The van der Waals surface area contributed by atoms with Gasteiger partial charge in [0.1, 0.15) is 18.1 Å². The van der Waals surface area contributed by atoms with Gasteiger partial charge in [-0.15, -0.1) is 0 Å². The highest BCUT2D eigenvalue weighted by atomic mass is 16.5. The van der Waals surface area contributed by atoms with Crippen LogP contribution in [0.2, 0.25) is 0 Å². The Kier molecular flexibility index (Phi) is 7.78. The number of aliphatic hydroxyl groups is 1. The van der Waals surface area contributed by atoms with Gasteiger partial charge in [0.05, 0.1) is 11.6 Å². The first-order valence-electron chi connectivity index (χ1n) is 10.8. The van der Waals surface area contributed by atoms with Crippen LogP contribution in [0.4, 0.5) is 0 Å². The van der Waals surface area contributed by atoms with Crippen LogP contribution in [-0.4, -0.2) is 64.4 Å². The predicted octanol–water partition coefficient (Wildman–Crippen LogP) is 3.41. The lowest BCUT2D eigenvalue weighted by Gasteiger charge is -2.28. The Balaban J connectivity index is 2.00. The van der Waals surface area contributed by atoms with Crippen molar-refractivity contribution in [2.24, 2.45) is 0 Å². The first kappa shape index (κ1) is 23.2. The first-order chi connectivity index (χ1) is 15.5. The van der Waals surface area contributed by atoms with Crippen molar-refractivity contribution in [2.45, 2.75) is 19.9 Å². The maximum atomic E-state index is 13.0. The quantitative estimate of drug-likeness (QED) is 0.267. The molecule has 1 aliphatic rings. The number of amides is 1. The lowest BCUT2D eigenvalue weighted by Crippen LogP contribution is -2.38. The van der Waals surface area contributed by atoms with E-state index in [1.165, 1.54) is 0 Å². The van der Waals surface area contributed by atoms with Crippen LogP contribution in [0.15, 0.2) is 67.0 Å². The number of ether oxygens (including phenoxy) is 1. The lowest BCUT2D eigenvalue weighted by molar-refractivity contribution is -0.140. The minimum absolute atomic E-state index is 0.0838. The largest absolute Gasteiger partial charge is 0.507 e. The number of likely N-dealkylation sites (N-methyl/N-ethyl adjacent to an activating group) is 1. The Morgan fingerprint density at radius 2 is 1.81 bits per heavy atom. The fraction of sp³-hybridized carbons (Fsp3) is 0.320. The summed E-state index contributed by atoms with van der Waals surface area (Å²) < 4.78 is 5.48. The minimum atomic E-state index is -0.684. The third-order valence-electron chi connectivity index (χ3n) is 5.61. The molecule has 0 aliphatic carbocycles. The summed E-state index contributed by atoms with van der Waals surface area (Å²) in [7, 11) is 0. The van der Waals surface area contributed by atoms with Gasteiger partial charge in [-0.1, -0.05) is 26.5 Å². The number of nitrogens with zero attached hydrogens (tertiary/aromatic N) is 3. The number of carbonyl (C=O) groups excluding carboxylic acids is 2. The van der Waals surface area contributed by atoms with Gasteiger partial charge in [0.15, 0.2) is 0 Å². The van der Waals surface area contributed by atoms with Crippen LogP contribution in [0.5, 0.6) is 5.75 Å². The summed E-state index contributed by atoms with van der Waals surface area (Å²) in [6.45, 7) is 10.8. The van der Waals surface area contributed by atoms with Gasteiger partial charge in [0.2, 0.25) is 0 Å². The number of likely N-dealkylation sites (tertiary alicyclic amines) is 1. The highest BCUT2D eigenvalue weighted by Crippen LogP contribution is 2.39. The molecule has 1 aliphatic heterocycles. The van der Waals surface area contributed by atoms with Crippen LogP contribution in [-0.2, 0) is 9.59 Å².